The van der Waals surface area contributed by atoms with Crippen LogP contribution >= 0.6 is 11.8 Å². The highest BCUT2D eigenvalue weighted by Crippen LogP contribution is 2.26. The lowest BCUT2D eigenvalue weighted by molar-refractivity contribution is -0.118. The maximum atomic E-state index is 12.3. The zero-order valence-corrected chi connectivity index (χ0v) is 16.6. The molecule has 0 aromatic carbocycles. The van der Waals surface area contributed by atoms with E-state index in [2.05, 4.69) is 25.5 Å². The van der Waals surface area contributed by atoms with Gasteiger partial charge < -0.3 is 14.3 Å². The van der Waals surface area contributed by atoms with E-state index in [-0.39, 0.29) is 35.3 Å². The molecule has 2 unspecified atom stereocenters. The van der Waals surface area contributed by atoms with Crippen molar-refractivity contribution in [3.63, 3.8) is 0 Å². The molecule has 0 spiro atoms. The lowest BCUT2D eigenvalue weighted by Gasteiger charge is -2.20. The highest BCUT2D eigenvalue weighted by Gasteiger charge is 2.29. The highest BCUT2D eigenvalue weighted by molar-refractivity contribution is 8.00. The average Bonchev–Trinajstić information content (AvgIpc) is 3.37. The zero-order valence-electron chi connectivity index (χ0n) is 15.8. The Kier molecular flexibility index (Phi) is 5.26. The van der Waals surface area contributed by atoms with Gasteiger partial charge in [0.15, 0.2) is 16.7 Å². The quantitative estimate of drug-likeness (QED) is 0.728. The maximum absolute atomic E-state index is 12.3. The van der Waals surface area contributed by atoms with Crippen molar-refractivity contribution in [2.75, 3.05) is 0 Å². The number of amides is 2. The number of allylic oxidation sites excluding steroid dienone is 3. The van der Waals surface area contributed by atoms with Crippen LogP contribution < -0.4 is 5.32 Å². The summed E-state index contributed by atoms with van der Waals surface area (Å²) in [6, 6.07) is 3.24. The van der Waals surface area contributed by atoms with Crippen LogP contribution in [-0.2, 0) is 18.4 Å². The molecule has 10 heteroatoms. The number of furan rings is 1. The van der Waals surface area contributed by atoms with E-state index in [9.17, 15) is 9.59 Å². The van der Waals surface area contributed by atoms with Crippen molar-refractivity contribution in [1.29, 1.82) is 0 Å². The number of carbonyl (C=O) groups is 2. The molecule has 2 amide bonds. The highest BCUT2D eigenvalue weighted by atomic mass is 32.2. The topological polar surface area (TPSA) is 115 Å². The average molecular weight is 410 g/mol. The van der Waals surface area contributed by atoms with Crippen molar-refractivity contribution in [2.45, 2.75) is 23.9 Å². The van der Waals surface area contributed by atoms with Crippen LogP contribution in [0, 0.1) is 5.92 Å². The minimum absolute atomic E-state index is 0.194. The molecule has 1 aliphatic heterocycles. The molecule has 3 heterocycles. The van der Waals surface area contributed by atoms with Gasteiger partial charge >= 0.3 is 0 Å². The van der Waals surface area contributed by atoms with Crippen molar-refractivity contribution in [1.82, 2.24) is 20.1 Å². The lowest BCUT2D eigenvalue weighted by Crippen LogP contribution is -2.30. The molecule has 0 bridgehead atoms. The third kappa shape index (κ3) is 3.97. The number of thioether (sulfide) groups is 1. The number of rotatable bonds is 6. The fourth-order valence-electron chi connectivity index (χ4n) is 2.84. The van der Waals surface area contributed by atoms with Crippen LogP contribution in [0.4, 0.5) is 0 Å². The van der Waals surface area contributed by atoms with Gasteiger partial charge in [0.1, 0.15) is 11.8 Å². The summed E-state index contributed by atoms with van der Waals surface area (Å²) < 4.78 is 6.85. The molecule has 148 valence electrons. The molecule has 4 rings (SSSR count). The first kappa shape index (κ1) is 19.1. The first-order chi connectivity index (χ1) is 14.0. The van der Waals surface area contributed by atoms with Gasteiger partial charge in [0.2, 0.25) is 0 Å². The van der Waals surface area contributed by atoms with Crippen molar-refractivity contribution in [3.05, 3.63) is 54.3 Å². The summed E-state index contributed by atoms with van der Waals surface area (Å²) >= 11 is 1.40. The minimum Gasteiger partial charge on any atom is -0.459 e. The van der Waals surface area contributed by atoms with E-state index in [0.29, 0.717) is 22.5 Å². The molecule has 2 aromatic heterocycles. The number of aromatic nitrogens is 3. The smallest absolute Gasteiger partial charge is 0.287 e. The minimum atomic E-state index is -0.389. The molecule has 2 aromatic rings. The number of nitrogens with zero attached hydrogens (tertiary/aromatic N) is 5. The Hall–Kier alpha value is -3.27. The van der Waals surface area contributed by atoms with Gasteiger partial charge in [-0.2, -0.15) is 4.99 Å². The van der Waals surface area contributed by atoms with Crippen LogP contribution in [0.1, 0.15) is 23.3 Å². The van der Waals surface area contributed by atoms with Crippen LogP contribution in [0.15, 0.2) is 62.3 Å². The van der Waals surface area contributed by atoms with Gasteiger partial charge in [0.25, 0.3) is 11.8 Å². The van der Waals surface area contributed by atoms with E-state index in [1.54, 1.807) is 22.8 Å². The van der Waals surface area contributed by atoms with E-state index >= 15 is 0 Å². The molecule has 0 saturated carbocycles. The normalized spacial score (nSPS) is 18.8. The van der Waals surface area contributed by atoms with Crippen LogP contribution in [0.3, 0.4) is 0 Å². The molecule has 0 fully saturated rings. The van der Waals surface area contributed by atoms with Crippen LogP contribution in [0.2, 0.25) is 0 Å². The van der Waals surface area contributed by atoms with Gasteiger partial charge in [0, 0.05) is 7.05 Å². The molecule has 0 radical (unpaired) electrons. The Bertz CT molecular complexity index is 1060. The molecular weight excluding hydrogens is 392 g/mol. The van der Waals surface area contributed by atoms with Crippen molar-refractivity contribution in [3.8, 4) is 0 Å². The Labute approximate surface area is 170 Å². The molecule has 1 N–H and O–H groups in total. The predicted molar refractivity (Wildman–Crippen MR) is 108 cm³/mol. The summed E-state index contributed by atoms with van der Waals surface area (Å²) in [6.45, 7) is 2.12. The van der Waals surface area contributed by atoms with Gasteiger partial charge in [-0.15, -0.1) is 10.2 Å². The Morgan fingerprint density at radius 3 is 3.00 bits per heavy atom. The summed E-state index contributed by atoms with van der Waals surface area (Å²) in [5.41, 5.74) is 0.703. The van der Waals surface area contributed by atoms with E-state index in [1.807, 2.05) is 32.2 Å². The first-order valence-electron chi connectivity index (χ1n) is 8.95. The van der Waals surface area contributed by atoms with Crippen LogP contribution in [-0.4, -0.2) is 43.4 Å². The van der Waals surface area contributed by atoms with Gasteiger partial charge in [-0.25, -0.2) is 4.99 Å². The second kappa shape index (κ2) is 8.00. The van der Waals surface area contributed by atoms with Crippen molar-refractivity contribution >= 4 is 35.1 Å². The Morgan fingerprint density at radius 2 is 2.21 bits per heavy atom. The Morgan fingerprint density at radius 1 is 1.34 bits per heavy atom. The number of hydrogen-bond acceptors (Lipinski definition) is 7. The molecule has 2 aliphatic rings. The maximum Gasteiger partial charge on any atom is 0.287 e. The standard InChI is InChI=1S/C19H18N6O3S/c1-11(16-21-13-7-4-3-6-12(13)17(26)22-16)29-19-24-23-15(25(19)2)10-20-18(27)14-8-5-9-28-14/h3-9,11-12H,10H2,1-2H3,(H,20,27). The molecular formula is C19H18N6O3S. The number of aliphatic imine (C=N–C) groups is 2. The second-order valence-corrected chi connectivity index (χ2v) is 7.75. The summed E-state index contributed by atoms with van der Waals surface area (Å²) in [5.74, 6) is 0.363. The van der Waals surface area contributed by atoms with Gasteiger partial charge in [-0.05, 0) is 25.1 Å². The molecule has 9 nitrogen and oxygen atoms in total. The van der Waals surface area contributed by atoms with E-state index in [4.69, 9.17) is 4.42 Å². The SMILES string of the molecule is CC(Sc1nnc(CNC(=O)c2ccco2)n1C)C1=NC(=O)C2C=CC=CC2=N1. The summed E-state index contributed by atoms with van der Waals surface area (Å²) in [5, 5.41) is 11.5. The third-order valence-corrected chi connectivity index (χ3v) is 5.59. The van der Waals surface area contributed by atoms with Gasteiger partial charge in [0.05, 0.1) is 23.8 Å². The Balaban J connectivity index is 1.42. The largest absolute Gasteiger partial charge is 0.459 e. The van der Waals surface area contributed by atoms with E-state index in [1.165, 1.54) is 18.0 Å². The predicted octanol–water partition coefficient (Wildman–Crippen LogP) is 1.94. The molecule has 1 aliphatic carbocycles. The van der Waals surface area contributed by atoms with Crippen molar-refractivity contribution in [2.24, 2.45) is 23.0 Å². The number of hydrogen-bond donors (Lipinski definition) is 1. The van der Waals surface area contributed by atoms with Crippen LogP contribution in [0.5, 0.6) is 0 Å². The summed E-state index contributed by atoms with van der Waals surface area (Å²) in [4.78, 5) is 32.9. The molecule has 0 saturated heterocycles. The third-order valence-electron chi connectivity index (χ3n) is 4.46. The second-order valence-electron chi connectivity index (χ2n) is 6.44. The monoisotopic (exact) mass is 410 g/mol. The fraction of sp³-hybridized carbons (Fsp3) is 0.263. The number of nitrogens with one attached hydrogen (secondary N) is 1. The summed E-state index contributed by atoms with van der Waals surface area (Å²) in [7, 11) is 1.81. The van der Waals surface area contributed by atoms with Gasteiger partial charge in [-0.3, -0.25) is 9.59 Å². The molecule has 29 heavy (non-hydrogen) atoms. The number of carbonyl (C=O) groups excluding carboxylic acids is 2. The van der Waals surface area contributed by atoms with E-state index < -0.39 is 0 Å². The van der Waals surface area contributed by atoms with E-state index in [0.717, 1.165) is 0 Å². The number of fused-ring (bicyclic) bond motifs is 1. The molecule has 2 atom stereocenters. The zero-order chi connectivity index (χ0) is 20.4. The fourth-order valence-corrected chi connectivity index (χ4v) is 3.71. The van der Waals surface area contributed by atoms with Crippen molar-refractivity contribution < 1.29 is 14.0 Å². The van der Waals surface area contributed by atoms with Gasteiger partial charge in [-0.1, -0.05) is 30.0 Å². The first-order valence-corrected chi connectivity index (χ1v) is 9.83. The van der Waals surface area contributed by atoms with Crippen LogP contribution in [0.25, 0.3) is 0 Å². The summed E-state index contributed by atoms with van der Waals surface area (Å²) in [6.07, 6.45) is 8.75. The lowest BCUT2D eigenvalue weighted by atomic mass is 9.96. The number of amidine groups is 1.